The minimum atomic E-state index is 0.724. The quantitative estimate of drug-likeness (QED) is 0.858. The fourth-order valence-corrected chi connectivity index (χ4v) is 2.36. The lowest BCUT2D eigenvalue weighted by atomic mass is 9.99. The third-order valence-corrected chi connectivity index (χ3v) is 3.45. The highest BCUT2D eigenvalue weighted by atomic mass is 127. The van der Waals surface area contributed by atoms with E-state index in [2.05, 4.69) is 49.8 Å². The summed E-state index contributed by atoms with van der Waals surface area (Å²) in [6, 6.07) is 0. The molecule has 1 N–H and O–H groups in total. The van der Waals surface area contributed by atoms with Crippen molar-refractivity contribution in [2.45, 2.75) is 12.8 Å². The lowest BCUT2D eigenvalue weighted by Crippen LogP contribution is -2.35. The second kappa shape index (κ2) is 5.77. The van der Waals surface area contributed by atoms with E-state index >= 15 is 0 Å². The molecule has 0 aromatic carbocycles. The van der Waals surface area contributed by atoms with E-state index < -0.39 is 0 Å². The summed E-state index contributed by atoms with van der Waals surface area (Å²) in [4.78, 5) is 10.9. The van der Waals surface area contributed by atoms with Crippen LogP contribution in [0, 0.1) is 9.49 Å². The van der Waals surface area contributed by atoms with Crippen molar-refractivity contribution in [3.05, 3.63) is 16.0 Å². The van der Waals surface area contributed by atoms with Gasteiger partial charge in [-0.05, 0) is 54.9 Å². The van der Waals surface area contributed by atoms with Crippen LogP contribution >= 0.6 is 22.6 Å². The van der Waals surface area contributed by atoms with Crippen molar-refractivity contribution < 1.29 is 0 Å². The molecule has 16 heavy (non-hydrogen) atoms. The number of piperidine rings is 1. The second-order valence-corrected chi connectivity index (χ2v) is 5.62. The van der Waals surface area contributed by atoms with Gasteiger partial charge in [0, 0.05) is 29.1 Å². The number of halogens is 1. The van der Waals surface area contributed by atoms with Gasteiger partial charge in [0.05, 0.1) is 0 Å². The smallest absolute Gasteiger partial charge is 0.222 e. The zero-order valence-electron chi connectivity index (χ0n) is 9.49. The Hall–Kier alpha value is -0.430. The van der Waals surface area contributed by atoms with Gasteiger partial charge in [0.1, 0.15) is 0 Å². The molecule has 1 aromatic heterocycles. The van der Waals surface area contributed by atoms with Crippen LogP contribution in [0.5, 0.6) is 0 Å². The minimum Gasteiger partial charge on any atom is -0.354 e. The van der Waals surface area contributed by atoms with Crippen molar-refractivity contribution in [1.29, 1.82) is 0 Å². The highest BCUT2D eigenvalue weighted by Gasteiger charge is 2.16. The van der Waals surface area contributed by atoms with Gasteiger partial charge < -0.3 is 10.2 Å². The van der Waals surface area contributed by atoms with Crippen molar-refractivity contribution in [3.8, 4) is 0 Å². The average Bonchev–Trinajstić information content (AvgIpc) is 2.28. The number of likely N-dealkylation sites (tertiary alicyclic amines) is 1. The Labute approximate surface area is 110 Å². The topological polar surface area (TPSA) is 41.0 Å². The Morgan fingerprint density at radius 1 is 1.50 bits per heavy atom. The molecule has 88 valence electrons. The summed E-state index contributed by atoms with van der Waals surface area (Å²) in [7, 11) is 2.19. The fraction of sp³-hybridized carbons (Fsp3) is 0.636. The summed E-state index contributed by atoms with van der Waals surface area (Å²) < 4.78 is 1.07. The molecule has 1 aliphatic heterocycles. The van der Waals surface area contributed by atoms with E-state index in [1.807, 2.05) is 12.4 Å². The van der Waals surface area contributed by atoms with Crippen molar-refractivity contribution in [2.75, 3.05) is 32.0 Å². The highest BCUT2D eigenvalue weighted by molar-refractivity contribution is 14.1. The largest absolute Gasteiger partial charge is 0.354 e. The van der Waals surface area contributed by atoms with Crippen molar-refractivity contribution >= 4 is 28.5 Å². The van der Waals surface area contributed by atoms with Crippen LogP contribution < -0.4 is 5.32 Å². The number of aromatic nitrogens is 2. The Balaban J connectivity index is 1.80. The first-order chi connectivity index (χ1) is 7.74. The van der Waals surface area contributed by atoms with Crippen LogP contribution in [0.1, 0.15) is 12.8 Å². The Kier molecular flexibility index (Phi) is 4.34. The van der Waals surface area contributed by atoms with Gasteiger partial charge in [0.15, 0.2) is 0 Å². The predicted molar refractivity (Wildman–Crippen MR) is 73.5 cm³/mol. The van der Waals surface area contributed by atoms with Crippen molar-refractivity contribution in [3.63, 3.8) is 0 Å². The summed E-state index contributed by atoms with van der Waals surface area (Å²) in [5.41, 5.74) is 0. The summed E-state index contributed by atoms with van der Waals surface area (Å²) >= 11 is 2.21. The predicted octanol–water partition coefficient (Wildman–Crippen LogP) is 1.83. The molecule has 0 amide bonds. The van der Waals surface area contributed by atoms with Gasteiger partial charge in [0.25, 0.3) is 0 Å². The molecule has 0 saturated carbocycles. The molecule has 1 aromatic rings. The lowest BCUT2D eigenvalue weighted by molar-refractivity contribution is 0.217. The molecular formula is C11H17IN4. The Morgan fingerprint density at radius 2 is 2.25 bits per heavy atom. The zero-order valence-corrected chi connectivity index (χ0v) is 11.6. The maximum atomic E-state index is 4.24. The van der Waals surface area contributed by atoms with E-state index in [1.165, 1.54) is 25.9 Å². The molecule has 1 atom stereocenters. The third-order valence-electron chi connectivity index (χ3n) is 2.89. The molecule has 5 heteroatoms. The average molecular weight is 332 g/mol. The van der Waals surface area contributed by atoms with Crippen LogP contribution in [0.3, 0.4) is 0 Å². The molecule has 1 unspecified atom stereocenters. The van der Waals surface area contributed by atoms with Crippen LogP contribution in [0.15, 0.2) is 12.4 Å². The van der Waals surface area contributed by atoms with E-state index in [9.17, 15) is 0 Å². The van der Waals surface area contributed by atoms with Gasteiger partial charge in [-0.2, -0.15) is 0 Å². The van der Waals surface area contributed by atoms with E-state index in [4.69, 9.17) is 0 Å². The number of hydrogen-bond acceptors (Lipinski definition) is 4. The van der Waals surface area contributed by atoms with Crippen LogP contribution in [-0.2, 0) is 0 Å². The first kappa shape index (κ1) is 12.0. The van der Waals surface area contributed by atoms with Crippen LogP contribution in [0.2, 0.25) is 0 Å². The molecule has 0 radical (unpaired) electrons. The molecule has 0 spiro atoms. The van der Waals surface area contributed by atoms with Gasteiger partial charge in [-0.25, -0.2) is 9.97 Å². The monoisotopic (exact) mass is 332 g/mol. The molecule has 1 fully saturated rings. The number of anilines is 1. The molecular weight excluding hydrogens is 315 g/mol. The van der Waals surface area contributed by atoms with Crippen molar-refractivity contribution in [1.82, 2.24) is 14.9 Å². The van der Waals surface area contributed by atoms with E-state index in [0.29, 0.717) is 0 Å². The summed E-state index contributed by atoms with van der Waals surface area (Å²) in [6.45, 7) is 3.39. The number of hydrogen-bond donors (Lipinski definition) is 1. The highest BCUT2D eigenvalue weighted by Crippen LogP contribution is 2.15. The Bertz CT molecular complexity index is 327. The minimum absolute atomic E-state index is 0.724. The van der Waals surface area contributed by atoms with Crippen molar-refractivity contribution in [2.24, 2.45) is 5.92 Å². The lowest BCUT2D eigenvalue weighted by Gasteiger charge is -2.29. The van der Waals surface area contributed by atoms with Gasteiger partial charge >= 0.3 is 0 Å². The number of nitrogens with zero attached hydrogens (tertiary/aromatic N) is 3. The first-order valence-corrected chi connectivity index (χ1v) is 6.72. The zero-order chi connectivity index (χ0) is 11.4. The molecule has 1 aliphatic rings. The van der Waals surface area contributed by atoms with Gasteiger partial charge in [0.2, 0.25) is 5.95 Å². The number of rotatable bonds is 3. The molecule has 1 saturated heterocycles. The molecule has 2 rings (SSSR count). The van der Waals surface area contributed by atoms with E-state index in [-0.39, 0.29) is 0 Å². The summed E-state index contributed by atoms with van der Waals surface area (Å²) in [5, 5.41) is 3.31. The molecule has 4 nitrogen and oxygen atoms in total. The fourth-order valence-electron chi connectivity index (χ4n) is 2.08. The van der Waals surface area contributed by atoms with Gasteiger partial charge in [-0.1, -0.05) is 0 Å². The van der Waals surface area contributed by atoms with Crippen LogP contribution in [0.4, 0.5) is 5.95 Å². The maximum Gasteiger partial charge on any atom is 0.222 e. The summed E-state index contributed by atoms with van der Waals surface area (Å²) in [6.07, 6.45) is 6.28. The maximum absolute atomic E-state index is 4.24. The van der Waals surface area contributed by atoms with E-state index in [0.717, 1.165) is 22.0 Å². The first-order valence-electron chi connectivity index (χ1n) is 5.64. The molecule has 2 heterocycles. The van der Waals surface area contributed by atoms with Crippen LogP contribution in [0.25, 0.3) is 0 Å². The number of nitrogens with one attached hydrogen (secondary N) is 1. The second-order valence-electron chi connectivity index (χ2n) is 4.38. The third kappa shape index (κ3) is 3.55. The molecule has 0 aliphatic carbocycles. The molecule has 0 bridgehead atoms. The SMILES string of the molecule is CN1CCCC(CNc2ncc(I)cn2)C1. The Morgan fingerprint density at radius 3 is 2.94 bits per heavy atom. The van der Waals surface area contributed by atoms with Gasteiger partial charge in [-0.3, -0.25) is 0 Å². The van der Waals surface area contributed by atoms with Crippen LogP contribution in [-0.4, -0.2) is 41.5 Å². The van der Waals surface area contributed by atoms with Gasteiger partial charge in [-0.15, -0.1) is 0 Å². The van der Waals surface area contributed by atoms with E-state index in [1.54, 1.807) is 0 Å². The summed E-state index contributed by atoms with van der Waals surface area (Å²) in [5.74, 6) is 1.47. The standard InChI is InChI=1S/C11H17IN4/c1-16-4-2-3-9(8-16)5-13-11-14-6-10(12)7-15-11/h6-7,9H,2-5,8H2,1H3,(H,13,14,15). The normalized spacial score (nSPS) is 22.0.